The highest BCUT2D eigenvalue weighted by Crippen LogP contribution is 2.31. The molecule has 0 amide bonds. The zero-order valence-electron chi connectivity index (χ0n) is 14.2. The first-order valence-electron chi connectivity index (χ1n) is 7.38. The standard InChI is InChI=1S/C17H27NO4/c1-16(2,3)15(21)22-14-8-7-11(9-12(14)19)13(20)10-18-17(4,5)6/h7-9,13,18-20H,10H2,1-6H3/t13-/m0/s1. The molecule has 1 aromatic carbocycles. The minimum atomic E-state index is -0.752. The zero-order chi connectivity index (χ0) is 17.1. The molecule has 0 aliphatic rings. The molecule has 124 valence electrons. The first-order chi connectivity index (χ1) is 9.90. The molecule has 0 aromatic heterocycles. The van der Waals surface area contributed by atoms with Gasteiger partial charge in [-0.2, -0.15) is 0 Å². The molecule has 0 fully saturated rings. The highest BCUT2D eigenvalue weighted by molar-refractivity contribution is 5.78. The third kappa shape index (κ3) is 5.66. The molecule has 0 bridgehead atoms. The van der Waals surface area contributed by atoms with E-state index in [9.17, 15) is 15.0 Å². The van der Waals surface area contributed by atoms with Crippen molar-refractivity contribution >= 4 is 5.97 Å². The number of aliphatic hydroxyl groups is 1. The second-order valence-corrected chi connectivity index (χ2v) is 7.51. The van der Waals surface area contributed by atoms with Crippen molar-refractivity contribution in [1.29, 1.82) is 0 Å². The topological polar surface area (TPSA) is 78.8 Å². The van der Waals surface area contributed by atoms with Gasteiger partial charge < -0.3 is 20.3 Å². The van der Waals surface area contributed by atoms with Crippen LogP contribution in [0.3, 0.4) is 0 Å². The van der Waals surface area contributed by atoms with E-state index in [1.807, 2.05) is 20.8 Å². The van der Waals surface area contributed by atoms with Crippen molar-refractivity contribution < 1.29 is 19.7 Å². The molecule has 1 rings (SSSR count). The number of rotatable bonds is 4. The Balaban J connectivity index is 2.79. The number of nitrogens with one attached hydrogen (secondary N) is 1. The number of benzene rings is 1. The molecule has 0 unspecified atom stereocenters. The van der Waals surface area contributed by atoms with Crippen LogP contribution in [-0.2, 0) is 4.79 Å². The number of carbonyl (C=O) groups is 1. The Morgan fingerprint density at radius 3 is 2.27 bits per heavy atom. The van der Waals surface area contributed by atoms with Crippen LogP contribution in [0.25, 0.3) is 0 Å². The minimum absolute atomic E-state index is 0.0969. The predicted octanol–water partition coefficient (Wildman–Crippen LogP) is 2.77. The van der Waals surface area contributed by atoms with Gasteiger partial charge in [-0.05, 0) is 59.2 Å². The van der Waals surface area contributed by atoms with Crippen molar-refractivity contribution in [2.75, 3.05) is 6.54 Å². The molecule has 0 heterocycles. The van der Waals surface area contributed by atoms with Gasteiger partial charge in [0.15, 0.2) is 11.5 Å². The summed E-state index contributed by atoms with van der Waals surface area (Å²) in [5, 5.41) is 23.3. The maximum atomic E-state index is 11.8. The molecule has 0 saturated carbocycles. The summed E-state index contributed by atoms with van der Waals surface area (Å²) in [5.41, 5.74) is -0.197. The Hall–Kier alpha value is -1.59. The number of phenols is 1. The van der Waals surface area contributed by atoms with E-state index in [0.29, 0.717) is 12.1 Å². The number of phenolic OH excluding ortho intramolecular Hbond substituents is 1. The Bertz CT molecular complexity index is 526. The average molecular weight is 309 g/mol. The zero-order valence-corrected chi connectivity index (χ0v) is 14.2. The summed E-state index contributed by atoms with van der Waals surface area (Å²) in [7, 11) is 0. The van der Waals surface area contributed by atoms with Crippen LogP contribution in [0.1, 0.15) is 53.2 Å². The smallest absolute Gasteiger partial charge is 0.316 e. The lowest BCUT2D eigenvalue weighted by Gasteiger charge is -2.23. The summed E-state index contributed by atoms with van der Waals surface area (Å²) >= 11 is 0. The molecule has 0 radical (unpaired) electrons. The van der Waals surface area contributed by atoms with Gasteiger partial charge in [-0.1, -0.05) is 6.07 Å². The Labute approximate surface area is 132 Å². The van der Waals surface area contributed by atoms with Crippen LogP contribution in [0.2, 0.25) is 0 Å². The van der Waals surface area contributed by atoms with Gasteiger partial charge in [0.2, 0.25) is 0 Å². The quantitative estimate of drug-likeness (QED) is 0.589. The van der Waals surface area contributed by atoms with E-state index >= 15 is 0 Å². The number of aliphatic hydroxyl groups excluding tert-OH is 1. The van der Waals surface area contributed by atoms with E-state index < -0.39 is 17.5 Å². The van der Waals surface area contributed by atoms with Crippen molar-refractivity contribution in [1.82, 2.24) is 5.32 Å². The fourth-order valence-electron chi connectivity index (χ4n) is 1.60. The van der Waals surface area contributed by atoms with Crippen LogP contribution in [0.5, 0.6) is 11.5 Å². The maximum Gasteiger partial charge on any atom is 0.316 e. The second-order valence-electron chi connectivity index (χ2n) is 7.51. The van der Waals surface area contributed by atoms with Gasteiger partial charge in [-0.15, -0.1) is 0 Å². The summed E-state index contributed by atoms with van der Waals surface area (Å²) in [6.45, 7) is 11.6. The highest BCUT2D eigenvalue weighted by atomic mass is 16.5. The van der Waals surface area contributed by atoms with Gasteiger partial charge in [0.25, 0.3) is 0 Å². The number of ether oxygens (including phenoxy) is 1. The molecule has 5 heteroatoms. The van der Waals surface area contributed by atoms with Gasteiger partial charge in [0, 0.05) is 12.1 Å². The number of esters is 1. The van der Waals surface area contributed by atoms with E-state index in [2.05, 4.69) is 5.32 Å². The van der Waals surface area contributed by atoms with Gasteiger partial charge in [0.1, 0.15) is 0 Å². The number of hydrogen-bond acceptors (Lipinski definition) is 5. The third-order valence-electron chi connectivity index (χ3n) is 3.01. The van der Waals surface area contributed by atoms with Crippen LogP contribution < -0.4 is 10.1 Å². The molecule has 1 aromatic rings. The van der Waals surface area contributed by atoms with Crippen molar-refractivity contribution in [2.45, 2.75) is 53.2 Å². The average Bonchev–Trinajstić information content (AvgIpc) is 2.36. The summed E-state index contributed by atoms with van der Waals surface area (Å²) in [4.78, 5) is 11.8. The predicted molar refractivity (Wildman–Crippen MR) is 85.9 cm³/mol. The SMILES string of the molecule is CC(C)(C)NC[C@H](O)c1ccc(OC(=O)C(C)(C)C)c(O)c1. The molecule has 5 nitrogen and oxygen atoms in total. The third-order valence-corrected chi connectivity index (χ3v) is 3.01. The lowest BCUT2D eigenvalue weighted by molar-refractivity contribution is -0.143. The normalized spacial score (nSPS) is 13.8. The van der Waals surface area contributed by atoms with Crippen molar-refractivity contribution in [3.8, 4) is 11.5 Å². The fourth-order valence-corrected chi connectivity index (χ4v) is 1.60. The molecule has 0 aliphatic carbocycles. The Morgan fingerprint density at radius 1 is 1.23 bits per heavy atom. The van der Waals surface area contributed by atoms with Crippen molar-refractivity contribution in [3.63, 3.8) is 0 Å². The van der Waals surface area contributed by atoms with Crippen LogP contribution >= 0.6 is 0 Å². The highest BCUT2D eigenvalue weighted by Gasteiger charge is 2.25. The number of aromatic hydroxyl groups is 1. The van der Waals surface area contributed by atoms with E-state index in [1.165, 1.54) is 12.1 Å². The number of hydrogen-bond donors (Lipinski definition) is 3. The van der Waals surface area contributed by atoms with Crippen molar-refractivity contribution in [2.24, 2.45) is 5.41 Å². The Morgan fingerprint density at radius 2 is 1.82 bits per heavy atom. The van der Waals surface area contributed by atoms with Gasteiger partial charge in [-0.25, -0.2) is 0 Å². The van der Waals surface area contributed by atoms with Crippen LogP contribution in [0, 0.1) is 5.41 Å². The first kappa shape index (κ1) is 18.5. The summed E-state index contributed by atoms with van der Waals surface area (Å²) in [5.74, 6) is -0.491. The fraction of sp³-hybridized carbons (Fsp3) is 0.588. The summed E-state index contributed by atoms with van der Waals surface area (Å²) in [6, 6.07) is 4.55. The maximum absolute atomic E-state index is 11.8. The summed E-state index contributed by atoms with van der Waals surface area (Å²) in [6.07, 6.45) is -0.752. The van der Waals surface area contributed by atoms with Gasteiger partial charge in [0.05, 0.1) is 11.5 Å². The van der Waals surface area contributed by atoms with Crippen LogP contribution in [-0.4, -0.2) is 28.3 Å². The monoisotopic (exact) mass is 309 g/mol. The van der Waals surface area contributed by atoms with Crippen molar-refractivity contribution in [3.05, 3.63) is 23.8 Å². The first-order valence-corrected chi connectivity index (χ1v) is 7.38. The van der Waals surface area contributed by atoms with E-state index in [-0.39, 0.29) is 17.0 Å². The van der Waals surface area contributed by atoms with Gasteiger partial charge in [-0.3, -0.25) is 4.79 Å². The molecule has 22 heavy (non-hydrogen) atoms. The van der Waals surface area contributed by atoms with Gasteiger partial charge >= 0.3 is 5.97 Å². The molecular weight excluding hydrogens is 282 g/mol. The summed E-state index contributed by atoms with van der Waals surface area (Å²) < 4.78 is 5.17. The lowest BCUT2D eigenvalue weighted by Crippen LogP contribution is -2.38. The molecule has 0 saturated heterocycles. The van der Waals surface area contributed by atoms with Crippen LogP contribution in [0.15, 0.2) is 18.2 Å². The number of carbonyl (C=O) groups excluding carboxylic acids is 1. The largest absolute Gasteiger partial charge is 0.504 e. The van der Waals surface area contributed by atoms with E-state index in [1.54, 1.807) is 26.8 Å². The molecule has 0 spiro atoms. The minimum Gasteiger partial charge on any atom is -0.504 e. The molecule has 0 aliphatic heterocycles. The molecule has 3 N–H and O–H groups in total. The molecule has 1 atom stereocenters. The van der Waals surface area contributed by atoms with E-state index in [4.69, 9.17) is 4.74 Å². The second kappa shape index (κ2) is 6.67. The lowest BCUT2D eigenvalue weighted by atomic mass is 9.97. The van der Waals surface area contributed by atoms with Crippen LogP contribution in [0.4, 0.5) is 0 Å². The van der Waals surface area contributed by atoms with E-state index in [0.717, 1.165) is 0 Å². The Kier molecular flexibility index (Phi) is 5.59. The number of β-amino-alcohol motifs (C(OH)–C–C–N with tert-alkyl or cyclic N) is 1. The molecular formula is C17H27NO4.